The molecule has 1 fully saturated rings. The van der Waals surface area contributed by atoms with E-state index in [0.717, 1.165) is 18.7 Å². The van der Waals surface area contributed by atoms with E-state index in [1.165, 1.54) is 12.8 Å². The Hall–Kier alpha value is -1.37. The van der Waals surface area contributed by atoms with Gasteiger partial charge in [-0.1, -0.05) is 18.0 Å². The Morgan fingerprint density at radius 1 is 1.46 bits per heavy atom. The summed E-state index contributed by atoms with van der Waals surface area (Å²) in [5.74, 6) is 1.69. The van der Waals surface area contributed by atoms with Crippen LogP contribution in [0.25, 0.3) is 0 Å². The number of nitriles is 1. The number of hydrogen-bond donors (Lipinski definition) is 0. The fraction of sp³-hybridized carbons (Fsp3) is 0.667. The molecule has 4 nitrogen and oxygen atoms in total. The van der Waals surface area contributed by atoms with Crippen molar-refractivity contribution in [3.8, 4) is 6.07 Å². The summed E-state index contributed by atoms with van der Waals surface area (Å²) < 4.78 is 5.09. The number of hydrogen-bond acceptors (Lipinski definition) is 4. The summed E-state index contributed by atoms with van der Waals surface area (Å²) in [6, 6.07) is 2.00. The maximum atomic E-state index is 8.42. The summed E-state index contributed by atoms with van der Waals surface area (Å²) in [7, 11) is 0. The molecule has 0 saturated heterocycles. The van der Waals surface area contributed by atoms with Crippen molar-refractivity contribution in [1.29, 1.82) is 5.26 Å². The van der Waals surface area contributed by atoms with Crippen LogP contribution in [0.4, 0.5) is 0 Å². The molecule has 68 valence electrons. The lowest BCUT2D eigenvalue weighted by Crippen LogP contribution is -1.92. The SMILES string of the molecule is N#CCc1noc(C2CCCC2)n1. The normalized spacial score (nSPS) is 17.5. The van der Waals surface area contributed by atoms with Gasteiger partial charge in [0, 0.05) is 5.92 Å². The van der Waals surface area contributed by atoms with Gasteiger partial charge < -0.3 is 4.52 Å². The van der Waals surface area contributed by atoms with Gasteiger partial charge in [0.05, 0.1) is 12.5 Å². The first-order valence-electron chi connectivity index (χ1n) is 4.59. The van der Waals surface area contributed by atoms with Crippen molar-refractivity contribution >= 4 is 0 Å². The zero-order valence-corrected chi connectivity index (χ0v) is 7.36. The predicted octanol–water partition coefficient (Wildman–Crippen LogP) is 1.79. The van der Waals surface area contributed by atoms with E-state index in [2.05, 4.69) is 10.1 Å². The molecule has 0 aromatic carbocycles. The van der Waals surface area contributed by atoms with Crippen LogP contribution in [0.3, 0.4) is 0 Å². The molecular formula is C9H11N3O. The summed E-state index contributed by atoms with van der Waals surface area (Å²) in [6.45, 7) is 0. The Balaban J connectivity index is 2.08. The van der Waals surface area contributed by atoms with Crippen molar-refractivity contribution in [3.05, 3.63) is 11.7 Å². The van der Waals surface area contributed by atoms with Crippen LogP contribution in [0.5, 0.6) is 0 Å². The van der Waals surface area contributed by atoms with E-state index in [1.54, 1.807) is 0 Å². The molecule has 1 aromatic rings. The van der Waals surface area contributed by atoms with Gasteiger partial charge in [0.15, 0.2) is 5.82 Å². The van der Waals surface area contributed by atoms with E-state index in [4.69, 9.17) is 9.78 Å². The maximum absolute atomic E-state index is 8.42. The average molecular weight is 177 g/mol. The second-order valence-electron chi connectivity index (χ2n) is 3.37. The predicted molar refractivity (Wildman–Crippen MR) is 44.8 cm³/mol. The summed E-state index contributed by atoms with van der Waals surface area (Å²) in [5, 5.41) is 12.2. The third-order valence-electron chi connectivity index (χ3n) is 2.43. The van der Waals surface area contributed by atoms with Crippen molar-refractivity contribution in [2.24, 2.45) is 0 Å². The molecular weight excluding hydrogens is 166 g/mol. The Bertz CT molecular complexity index is 320. The summed E-state index contributed by atoms with van der Waals surface area (Å²) in [4.78, 5) is 4.18. The van der Waals surface area contributed by atoms with Gasteiger partial charge in [-0.05, 0) is 12.8 Å². The highest BCUT2D eigenvalue weighted by Crippen LogP contribution is 2.32. The summed E-state index contributed by atoms with van der Waals surface area (Å²) in [6.07, 6.45) is 5.04. The molecule has 1 heterocycles. The van der Waals surface area contributed by atoms with Crippen LogP contribution in [0.2, 0.25) is 0 Å². The number of rotatable bonds is 2. The first-order chi connectivity index (χ1) is 6.40. The van der Waals surface area contributed by atoms with E-state index in [9.17, 15) is 0 Å². The van der Waals surface area contributed by atoms with Crippen molar-refractivity contribution in [2.45, 2.75) is 38.0 Å². The molecule has 1 saturated carbocycles. The van der Waals surface area contributed by atoms with Gasteiger partial charge in [0.2, 0.25) is 5.89 Å². The Morgan fingerprint density at radius 2 is 2.23 bits per heavy atom. The minimum Gasteiger partial charge on any atom is -0.339 e. The van der Waals surface area contributed by atoms with E-state index in [-0.39, 0.29) is 6.42 Å². The third-order valence-corrected chi connectivity index (χ3v) is 2.43. The number of aromatic nitrogens is 2. The first kappa shape index (κ1) is 8.24. The Morgan fingerprint density at radius 3 is 2.92 bits per heavy atom. The molecule has 1 aliphatic rings. The van der Waals surface area contributed by atoms with Crippen LogP contribution in [0.15, 0.2) is 4.52 Å². The molecule has 13 heavy (non-hydrogen) atoms. The maximum Gasteiger partial charge on any atom is 0.229 e. The highest BCUT2D eigenvalue weighted by molar-refractivity contribution is 4.99. The number of nitrogens with zero attached hydrogens (tertiary/aromatic N) is 3. The molecule has 0 unspecified atom stereocenters. The highest BCUT2D eigenvalue weighted by atomic mass is 16.5. The highest BCUT2D eigenvalue weighted by Gasteiger charge is 2.22. The summed E-state index contributed by atoms with van der Waals surface area (Å²) >= 11 is 0. The zero-order chi connectivity index (χ0) is 9.10. The monoisotopic (exact) mass is 177 g/mol. The van der Waals surface area contributed by atoms with Crippen LogP contribution in [0.1, 0.15) is 43.3 Å². The minimum absolute atomic E-state index is 0.246. The second-order valence-corrected chi connectivity index (χ2v) is 3.37. The lowest BCUT2D eigenvalue weighted by Gasteiger charge is -1.98. The van der Waals surface area contributed by atoms with E-state index >= 15 is 0 Å². The van der Waals surface area contributed by atoms with Gasteiger partial charge in [-0.2, -0.15) is 10.2 Å². The zero-order valence-electron chi connectivity index (χ0n) is 7.36. The van der Waals surface area contributed by atoms with Crippen LogP contribution < -0.4 is 0 Å². The second kappa shape index (κ2) is 3.56. The van der Waals surface area contributed by atoms with E-state index < -0.39 is 0 Å². The van der Waals surface area contributed by atoms with Gasteiger partial charge in [0.25, 0.3) is 0 Å². The topological polar surface area (TPSA) is 62.7 Å². The molecule has 0 atom stereocenters. The molecule has 0 N–H and O–H groups in total. The van der Waals surface area contributed by atoms with Crippen molar-refractivity contribution < 1.29 is 4.52 Å². The fourth-order valence-corrected chi connectivity index (χ4v) is 1.75. The quantitative estimate of drug-likeness (QED) is 0.690. The van der Waals surface area contributed by atoms with Crippen molar-refractivity contribution in [3.63, 3.8) is 0 Å². The van der Waals surface area contributed by atoms with Crippen molar-refractivity contribution in [1.82, 2.24) is 10.1 Å². The molecule has 1 aliphatic carbocycles. The van der Waals surface area contributed by atoms with Crippen LogP contribution in [-0.2, 0) is 6.42 Å². The molecule has 4 heteroatoms. The lowest BCUT2D eigenvalue weighted by atomic mass is 10.1. The molecule has 0 bridgehead atoms. The van der Waals surface area contributed by atoms with Gasteiger partial charge >= 0.3 is 0 Å². The van der Waals surface area contributed by atoms with Gasteiger partial charge in [-0.15, -0.1) is 0 Å². The lowest BCUT2D eigenvalue weighted by molar-refractivity contribution is 0.351. The third kappa shape index (κ3) is 1.69. The van der Waals surface area contributed by atoms with Gasteiger partial charge in [-0.3, -0.25) is 0 Å². The minimum atomic E-state index is 0.246. The van der Waals surface area contributed by atoms with E-state index in [0.29, 0.717) is 11.7 Å². The average Bonchev–Trinajstić information content (AvgIpc) is 2.70. The molecule has 0 amide bonds. The largest absolute Gasteiger partial charge is 0.339 e. The van der Waals surface area contributed by atoms with Gasteiger partial charge in [0.1, 0.15) is 0 Å². The van der Waals surface area contributed by atoms with Crippen molar-refractivity contribution in [2.75, 3.05) is 0 Å². The molecule has 0 radical (unpaired) electrons. The van der Waals surface area contributed by atoms with Gasteiger partial charge in [-0.25, -0.2) is 0 Å². The fourth-order valence-electron chi connectivity index (χ4n) is 1.75. The Labute approximate surface area is 76.6 Å². The molecule has 0 aliphatic heterocycles. The Kier molecular flexibility index (Phi) is 2.26. The molecule has 0 spiro atoms. The molecule has 2 rings (SSSR count). The van der Waals surface area contributed by atoms with E-state index in [1.807, 2.05) is 6.07 Å². The van der Waals surface area contributed by atoms with Crippen LogP contribution in [-0.4, -0.2) is 10.1 Å². The van der Waals surface area contributed by atoms with Crippen LogP contribution >= 0.6 is 0 Å². The first-order valence-corrected chi connectivity index (χ1v) is 4.59. The summed E-state index contributed by atoms with van der Waals surface area (Å²) in [5.41, 5.74) is 0. The van der Waals surface area contributed by atoms with Crippen LogP contribution in [0, 0.1) is 11.3 Å². The standard InChI is InChI=1S/C9H11N3O/c10-6-5-8-11-9(13-12-8)7-3-1-2-4-7/h7H,1-5H2. The molecule has 1 aromatic heterocycles. The smallest absolute Gasteiger partial charge is 0.229 e.